The quantitative estimate of drug-likeness (QED) is 0.621. The fraction of sp³-hybridized carbons (Fsp3) is 0.389. The molecular weight excluding hydrogens is 264 g/mol. The first-order chi connectivity index (χ1) is 10.3. The third kappa shape index (κ3) is 3.18. The highest BCUT2D eigenvalue weighted by Gasteiger charge is 2.22. The van der Waals surface area contributed by atoms with Gasteiger partial charge in [0.15, 0.2) is 0 Å². The number of carbonyl (C=O) groups excluding carboxylic acids is 1. The van der Waals surface area contributed by atoms with E-state index in [9.17, 15) is 4.79 Å². The van der Waals surface area contributed by atoms with Crippen LogP contribution in [-0.2, 0) is 4.79 Å². The molecule has 110 valence electrons. The molecule has 0 unspecified atom stereocenters. The fourth-order valence-corrected chi connectivity index (χ4v) is 2.93. The van der Waals surface area contributed by atoms with Crippen molar-refractivity contribution in [3.63, 3.8) is 0 Å². The van der Waals surface area contributed by atoms with Gasteiger partial charge >= 0.3 is 5.97 Å². The van der Waals surface area contributed by atoms with Crippen LogP contribution in [0.2, 0.25) is 0 Å². The van der Waals surface area contributed by atoms with Gasteiger partial charge in [-0.3, -0.25) is 4.79 Å². The van der Waals surface area contributed by atoms with Gasteiger partial charge in [-0.15, -0.1) is 0 Å². The summed E-state index contributed by atoms with van der Waals surface area (Å²) >= 11 is 0. The number of hydrogen-bond acceptors (Lipinski definition) is 3. The molecule has 1 saturated carbocycles. The maximum atomic E-state index is 12.2. The lowest BCUT2D eigenvalue weighted by Crippen LogP contribution is -2.22. The number of rotatable bonds is 3. The Morgan fingerprint density at radius 3 is 2.33 bits per heavy atom. The lowest BCUT2D eigenvalue weighted by atomic mass is 9.89. The summed E-state index contributed by atoms with van der Waals surface area (Å²) in [6.45, 7) is 0. The van der Waals surface area contributed by atoms with E-state index in [0.29, 0.717) is 5.75 Å². The zero-order chi connectivity index (χ0) is 14.7. The summed E-state index contributed by atoms with van der Waals surface area (Å²) in [7, 11) is 1.65. The van der Waals surface area contributed by atoms with E-state index in [4.69, 9.17) is 9.47 Å². The van der Waals surface area contributed by atoms with E-state index >= 15 is 0 Å². The number of hydrogen-bond donors (Lipinski definition) is 0. The summed E-state index contributed by atoms with van der Waals surface area (Å²) < 4.78 is 10.8. The maximum absolute atomic E-state index is 12.2. The Kier molecular flexibility index (Phi) is 4.09. The van der Waals surface area contributed by atoms with Crippen LogP contribution < -0.4 is 9.47 Å². The van der Waals surface area contributed by atoms with Crippen molar-refractivity contribution < 1.29 is 14.3 Å². The molecule has 0 heterocycles. The molecule has 0 bridgehead atoms. The molecule has 3 nitrogen and oxygen atoms in total. The predicted molar refractivity (Wildman–Crippen MR) is 82.7 cm³/mol. The molecule has 0 N–H and O–H groups in total. The average molecular weight is 284 g/mol. The van der Waals surface area contributed by atoms with E-state index in [1.165, 1.54) is 6.42 Å². The lowest BCUT2D eigenvalue weighted by Gasteiger charge is -2.19. The average Bonchev–Trinajstić information content (AvgIpc) is 2.55. The largest absolute Gasteiger partial charge is 0.497 e. The van der Waals surface area contributed by atoms with Crippen LogP contribution in [0.5, 0.6) is 11.5 Å². The Morgan fingerprint density at radius 1 is 0.952 bits per heavy atom. The first-order valence-electron chi connectivity index (χ1n) is 7.56. The topological polar surface area (TPSA) is 35.5 Å². The second kappa shape index (κ2) is 6.17. The zero-order valence-electron chi connectivity index (χ0n) is 12.3. The van der Waals surface area contributed by atoms with Crippen molar-refractivity contribution in [2.45, 2.75) is 32.1 Å². The van der Waals surface area contributed by atoms with Gasteiger partial charge in [-0.1, -0.05) is 31.4 Å². The number of fused-ring (bicyclic) bond motifs is 1. The molecule has 2 aromatic carbocycles. The van der Waals surface area contributed by atoms with Gasteiger partial charge in [0.2, 0.25) is 0 Å². The fourth-order valence-electron chi connectivity index (χ4n) is 2.93. The molecule has 3 rings (SSSR count). The van der Waals surface area contributed by atoms with Crippen LogP contribution in [0.15, 0.2) is 36.4 Å². The van der Waals surface area contributed by atoms with Crippen LogP contribution in [0.3, 0.4) is 0 Å². The van der Waals surface area contributed by atoms with Gasteiger partial charge in [-0.2, -0.15) is 0 Å². The molecule has 0 radical (unpaired) electrons. The van der Waals surface area contributed by atoms with Gasteiger partial charge in [0.1, 0.15) is 11.5 Å². The summed E-state index contributed by atoms with van der Waals surface area (Å²) in [5.74, 6) is 1.40. The highest BCUT2D eigenvalue weighted by Crippen LogP contribution is 2.28. The molecule has 0 amide bonds. The monoisotopic (exact) mass is 284 g/mol. The maximum Gasteiger partial charge on any atom is 0.314 e. The van der Waals surface area contributed by atoms with Gasteiger partial charge in [-0.05, 0) is 47.9 Å². The highest BCUT2D eigenvalue weighted by atomic mass is 16.5. The zero-order valence-corrected chi connectivity index (χ0v) is 12.3. The summed E-state index contributed by atoms with van der Waals surface area (Å²) in [6.07, 6.45) is 5.42. The minimum atomic E-state index is -0.0862. The number of ether oxygens (including phenoxy) is 2. The van der Waals surface area contributed by atoms with E-state index in [1.807, 2.05) is 36.4 Å². The van der Waals surface area contributed by atoms with Crippen molar-refractivity contribution in [1.82, 2.24) is 0 Å². The minimum absolute atomic E-state index is 0.0692. The smallest absolute Gasteiger partial charge is 0.314 e. The lowest BCUT2D eigenvalue weighted by molar-refractivity contribution is -0.139. The third-order valence-electron chi connectivity index (χ3n) is 4.18. The van der Waals surface area contributed by atoms with Crippen molar-refractivity contribution in [2.75, 3.05) is 7.11 Å². The second-order valence-corrected chi connectivity index (χ2v) is 5.63. The third-order valence-corrected chi connectivity index (χ3v) is 4.18. The first kappa shape index (κ1) is 13.9. The van der Waals surface area contributed by atoms with Gasteiger partial charge in [-0.25, -0.2) is 0 Å². The van der Waals surface area contributed by atoms with Crippen molar-refractivity contribution in [3.05, 3.63) is 36.4 Å². The summed E-state index contributed by atoms with van der Waals surface area (Å²) in [5.41, 5.74) is 0. The molecule has 0 atom stereocenters. The predicted octanol–water partition coefficient (Wildman–Crippen LogP) is 4.33. The highest BCUT2D eigenvalue weighted by molar-refractivity contribution is 5.86. The van der Waals surface area contributed by atoms with Crippen LogP contribution >= 0.6 is 0 Å². The molecular formula is C18H20O3. The Hall–Kier alpha value is -2.03. The van der Waals surface area contributed by atoms with E-state index < -0.39 is 0 Å². The van der Waals surface area contributed by atoms with Crippen LogP contribution in [-0.4, -0.2) is 13.1 Å². The SMILES string of the molecule is COc1ccc2ccc(OC(=O)C3CCCCC3)cc2c1. The molecule has 0 aromatic heterocycles. The van der Waals surface area contributed by atoms with Crippen LogP contribution in [0, 0.1) is 5.92 Å². The van der Waals surface area contributed by atoms with Gasteiger partial charge in [0.25, 0.3) is 0 Å². The molecule has 1 aliphatic carbocycles. The molecule has 0 aliphatic heterocycles. The second-order valence-electron chi connectivity index (χ2n) is 5.63. The summed E-state index contributed by atoms with van der Waals surface area (Å²) in [6, 6.07) is 11.6. The standard InChI is InChI=1S/C18H20O3/c1-20-16-9-7-13-8-10-17(12-15(13)11-16)21-18(19)14-5-3-2-4-6-14/h7-12,14H,2-6H2,1H3. The van der Waals surface area contributed by atoms with Crippen molar-refractivity contribution in [3.8, 4) is 11.5 Å². The Labute approximate surface area is 124 Å². The first-order valence-corrected chi connectivity index (χ1v) is 7.56. The number of benzene rings is 2. The van der Waals surface area contributed by atoms with Crippen LogP contribution in [0.1, 0.15) is 32.1 Å². The Balaban J connectivity index is 1.78. The summed E-state index contributed by atoms with van der Waals surface area (Å²) in [4.78, 5) is 12.2. The molecule has 0 saturated heterocycles. The molecule has 0 spiro atoms. The van der Waals surface area contributed by atoms with Crippen molar-refractivity contribution in [2.24, 2.45) is 5.92 Å². The number of esters is 1. The molecule has 1 fully saturated rings. The van der Waals surface area contributed by atoms with Crippen molar-refractivity contribution >= 4 is 16.7 Å². The van der Waals surface area contributed by atoms with Gasteiger partial charge < -0.3 is 9.47 Å². The number of carbonyl (C=O) groups is 1. The van der Waals surface area contributed by atoms with E-state index in [-0.39, 0.29) is 11.9 Å². The summed E-state index contributed by atoms with van der Waals surface area (Å²) in [5, 5.41) is 2.12. The van der Waals surface area contributed by atoms with Gasteiger partial charge in [0.05, 0.1) is 13.0 Å². The Morgan fingerprint density at radius 2 is 1.62 bits per heavy atom. The van der Waals surface area contributed by atoms with E-state index in [0.717, 1.165) is 42.2 Å². The molecule has 2 aromatic rings. The van der Waals surface area contributed by atoms with E-state index in [2.05, 4.69) is 0 Å². The Bertz CT molecular complexity index is 642. The molecule has 1 aliphatic rings. The number of methoxy groups -OCH3 is 1. The molecule has 21 heavy (non-hydrogen) atoms. The van der Waals surface area contributed by atoms with Crippen LogP contribution in [0.25, 0.3) is 10.8 Å². The van der Waals surface area contributed by atoms with E-state index in [1.54, 1.807) is 7.11 Å². The van der Waals surface area contributed by atoms with Gasteiger partial charge in [0, 0.05) is 0 Å². The van der Waals surface area contributed by atoms with Crippen LogP contribution in [0.4, 0.5) is 0 Å². The van der Waals surface area contributed by atoms with Crippen molar-refractivity contribution in [1.29, 1.82) is 0 Å². The minimum Gasteiger partial charge on any atom is -0.497 e. The molecule has 3 heteroatoms. The normalized spacial score (nSPS) is 15.9.